The number of nitrogens with zero attached hydrogens (tertiary/aromatic N) is 1. The first-order valence-corrected chi connectivity index (χ1v) is 4.85. The first-order chi connectivity index (χ1) is 7.06. The highest BCUT2D eigenvalue weighted by molar-refractivity contribution is 5.48. The molecule has 0 spiro atoms. The van der Waals surface area contributed by atoms with Crippen molar-refractivity contribution < 1.29 is 14.6 Å². The standard InChI is InChI=1S/C11H16FNO2/c1-8(15)9-3-4-11(10(12)7-9)13(2)5-6-14/h3-4,7-8,14-15H,5-6H2,1-2H3/t8-/m1/s1. The van der Waals surface area contributed by atoms with Crippen LogP contribution in [0.4, 0.5) is 10.1 Å². The van der Waals surface area contributed by atoms with E-state index in [0.717, 1.165) is 0 Å². The topological polar surface area (TPSA) is 43.7 Å². The summed E-state index contributed by atoms with van der Waals surface area (Å²) in [6.07, 6.45) is -0.670. The van der Waals surface area contributed by atoms with Crippen LogP contribution < -0.4 is 4.90 Å². The van der Waals surface area contributed by atoms with E-state index in [-0.39, 0.29) is 12.4 Å². The Morgan fingerprint density at radius 1 is 1.47 bits per heavy atom. The van der Waals surface area contributed by atoms with Gasteiger partial charge in [0.15, 0.2) is 0 Å². The zero-order valence-corrected chi connectivity index (χ0v) is 8.94. The lowest BCUT2D eigenvalue weighted by Gasteiger charge is -2.19. The Bertz CT molecular complexity index is 328. The fourth-order valence-electron chi connectivity index (χ4n) is 1.36. The van der Waals surface area contributed by atoms with Gasteiger partial charge in [-0.3, -0.25) is 0 Å². The van der Waals surface area contributed by atoms with Gasteiger partial charge in [-0.05, 0) is 24.6 Å². The fourth-order valence-corrected chi connectivity index (χ4v) is 1.36. The second-order valence-electron chi connectivity index (χ2n) is 3.53. The molecule has 2 N–H and O–H groups in total. The lowest BCUT2D eigenvalue weighted by atomic mass is 10.1. The zero-order chi connectivity index (χ0) is 11.4. The van der Waals surface area contributed by atoms with Gasteiger partial charge < -0.3 is 15.1 Å². The average Bonchev–Trinajstić information content (AvgIpc) is 2.17. The molecule has 0 bridgehead atoms. The molecule has 4 heteroatoms. The van der Waals surface area contributed by atoms with Crippen molar-refractivity contribution in [3.63, 3.8) is 0 Å². The lowest BCUT2D eigenvalue weighted by Crippen LogP contribution is -2.22. The molecule has 0 aliphatic rings. The molecule has 1 aromatic carbocycles. The Balaban J connectivity index is 2.92. The monoisotopic (exact) mass is 213 g/mol. The van der Waals surface area contributed by atoms with E-state index in [9.17, 15) is 9.50 Å². The molecule has 0 fully saturated rings. The summed E-state index contributed by atoms with van der Waals surface area (Å²) in [5.41, 5.74) is 0.974. The number of hydrogen-bond donors (Lipinski definition) is 2. The van der Waals surface area contributed by atoms with Crippen LogP contribution in [0, 0.1) is 5.82 Å². The SMILES string of the molecule is C[C@@H](O)c1ccc(N(C)CCO)c(F)c1. The summed E-state index contributed by atoms with van der Waals surface area (Å²) in [6.45, 7) is 1.95. The number of halogens is 1. The molecule has 84 valence electrons. The van der Waals surface area contributed by atoms with Crippen molar-refractivity contribution in [1.29, 1.82) is 0 Å². The minimum Gasteiger partial charge on any atom is -0.395 e. The highest BCUT2D eigenvalue weighted by atomic mass is 19.1. The van der Waals surface area contributed by atoms with Gasteiger partial charge in [-0.2, -0.15) is 0 Å². The maximum absolute atomic E-state index is 13.5. The second kappa shape index (κ2) is 5.09. The van der Waals surface area contributed by atoms with E-state index in [4.69, 9.17) is 5.11 Å². The van der Waals surface area contributed by atoms with Crippen LogP contribution in [-0.2, 0) is 0 Å². The summed E-state index contributed by atoms with van der Waals surface area (Å²) in [6, 6.07) is 4.60. The Hall–Kier alpha value is -1.13. The molecule has 0 radical (unpaired) electrons. The predicted octanol–water partition coefficient (Wildman–Crippen LogP) is 1.31. The molecule has 0 unspecified atom stereocenters. The molecule has 0 amide bonds. The smallest absolute Gasteiger partial charge is 0.146 e. The lowest BCUT2D eigenvalue weighted by molar-refractivity contribution is 0.199. The molecule has 0 aromatic heterocycles. The van der Waals surface area contributed by atoms with Crippen LogP contribution >= 0.6 is 0 Å². The summed E-state index contributed by atoms with van der Waals surface area (Å²) in [7, 11) is 1.71. The maximum Gasteiger partial charge on any atom is 0.146 e. The zero-order valence-electron chi connectivity index (χ0n) is 8.94. The maximum atomic E-state index is 13.5. The summed E-state index contributed by atoms with van der Waals surface area (Å²) >= 11 is 0. The fraction of sp³-hybridized carbons (Fsp3) is 0.455. The highest BCUT2D eigenvalue weighted by Gasteiger charge is 2.09. The van der Waals surface area contributed by atoms with Crippen LogP contribution in [0.5, 0.6) is 0 Å². The third-order valence-corrected chi connectivity index (χ3v) is 2.30. The number of likely N-dealkylation sites (N-methyl/N-ethyl adjacent to an activating group) is 1. The quantitative estimate of drug-likeness (QED) is 0.792. The Labute approximate surface area is 88.8 Å². The number of aliphatic hydroxyl groups is 2. The van der Waals surface area contributed by atoms with E-state index in [2.05, 4.69) is 0 Å². The molecule has 1 atom stereocenters. The van der Waals surface area contributed by atoms with Gasteiger partial charge in [0.1, 0.15) is 5.82 Å². The molecule has 1 aromatic rings. The van der Waals surface area contributed by atoms with Gasteiger partial charge >= 0.3 is 0 Å². The largest absolute Gasteiger partial charge is 0.395 e. The van der Waals surface area contributed by atoms with E-state index in [1.807, 2.05) is 0 Å². The number of benzene rings is 1. The van der Waals surface area contributed by atoms with Crippen molar-refractivity contribution in [3.05, 3.63) is 29.6 Å². The molecule has 0 heterocycles. The van der Waals surface area contributed by atoms with Gasteiger partial charge in [-0.15, -0.1) is 0 Å². The Kier molecular flexibility index (Phi) is 4.05. The summed E-state index contributed by atoms with van der Waals surface area (Å²) in [5, 5.41) is 18.0. The summed E-state index contributed by atoms with van der Waals surface area (Å²) < 4.78 is 13.5. The van der Waals surface area contributed by atoms with Gasteiger partial charge in [0.2, 0.25) is 0 Å². The number of anilines is 1. The molecule has 15 heavy (non-hydrogen) atoms. The van der Waals surface area contributed by atoms with E-state index in [1.54, 1.807) is 31.0 Å². The molecule has 0 saturated carbocycles. The van der Waals surface area contributed by atoms with E-state index in [1.165, 1.54) is 6.07 Å². The van der Waals surface area contributed by atoms with Crippen LogP contribution in [-0.4, -0.2) is 30.4 Å². The van der Waals surface area contributed by atoms with Gasteiger partial charge in [-0.1, -0.05) is 6.07 Å². The molecular formula is C11H16FNO2. The second-order valence-corrected chi connectivity index (χ2v) is 3.53. The van der Waals surface area contributed by atoms with E-state index in [0.29, 0.717) is 17.8 Å². The van der Waals surface area contributed by atoms with Crippen LogP contribution in [0.3, 0.4) is 0 Å². The minimum absolute atomic E-state index is 0.0197. The van der Waals surface area contributed by atoms with Gasteiger partial charge in [0.25, 0.3) is 0 Å². The first kappa shape index (κ1) is 11.9. The Morgan fingerprint density at radius 3 is 2.60 bits per heavy atom. The first-order valence-electron chi connectivity index (χ1n) is 4.85. The molecule has 0 aliphatic heterocycles. The van der Waals surface area contributed by atoms with Crippen LogP contribution in [0.25, 0.3) is 0 Å². The Morgan fingerprint density at radius 2 is 2.13 bits per heavy atom. The van der Waals surface area contributed by atoms with Crippen molar-refractivity contribution in [3.8, 4) is 0 Å². The third-order valence-electron chi connectivity index (χ3n) is 2.30. The predicted molar refractivity (Wildman–Crippen MR) is 57.4 cm³/mol. The molecule has 0 aliphatic carbocycles. The highest BCUT2D eigenvalue weighted by Crippen LogP contribution is 2.22. The third kappa shape index (κ3) is 2.91. The molecular weight excluding hydrogens is 197 g/mol. The average molecular weight is 213 g/mol. The molecule has 1 rings (SSSR count). The van der Waals surface area contributed by atoms with Gasteiger partial charge in [-0.25, -0.2) is 4.39 Å². The van der Waals surface area contributed by atoms with Crippen molar-refractivity contribution >= 4 is 5.69 Å². The summed E-state index contributed by atoms with van der Waals surface area (Å²) in [5.74, 6) is -0.385. The van der Waals surface area contributed by atoms with Crippen molar-refractivity contribution in [2.75, 3.05) is 25.1 Å². The number of aliphatic hydroxyl groups excluding tert-OH is 2. The van der Waals surface area contributed by atoms with Crippen molar-refractivity contribution in [2.24, 2.45) is 0 Å². The molecule has 0 saturated heterocycles. The number of hydrogen-bond acceptors (Lipinski definition) is 3. The molecule has 3 nitrogen and oxygen atoms in total. The van der Waals surface area contributed by atoms with Gasteiger partial charge in [0.05, 0.1) is 18.4 Å². The normalized spacial score (nSPS) is 12.6. The van der Waals surface area contributed by atoms with E-state index < -0.39 is 6.10 Å². The van der Waals surface area contributed by atoms with Crippen molar-refractivity contribution in [1.82, 2.24) is 0 Å². The minimum atomic E-state index is -0.670. The summed E-state index contributed by atoms with van der Waals surface area (Å²) in [4.78, 5) is 1.63. The van der Waals surface area contributed by atoms with Crippen molar-refractivity contribution in [2.45, 2.75) is 13.0 Å². The van der Waals surface area contributed by atoms with Gasteiger partial charge in [0, 0.05) is 13.6 Å². The van der Waals surface area contributed by atoms with E-state index >= 15 is 0 Å². The van der Waals surface area contributed by atoms with Crippen LogP contribution in [0.15, 0.2) is 18.2 Å². The number of rotatable bonds is 4. The van der Waals surface area contributed by atoms with Crippen LogP contribution in [0.1, 0.15) is 18.6 Å². The van der Waals surface area contributed by atoms with Crippen LogP contribution in [0.2, 0.25) is 0 Å².